The van der Waals surface area contributed by atoms with Crippen LogP contribution < -0.4 is 5.32 Å². The van der Waals surface area contributed by atoms with Crippen LogP contribution in [0.15, 0.2) is 36.7 Å². The highest BCUT2D eigenvalue weighted by Crippen LogP contribution is 2.08. The fourth-order valence-electron chi connectivity index (χ4n) is 1.75. The molecule has 2 rings (SSSR count). The Morgan fingerprint density at radius 1 is 1.29 bits per heavy atom. The lowest BCUT2D eigenvalue weighted by Gasteiger charge is -2.09. The van der Waals surface area contributed by atoms with E-state index in [0.29, 0.717) is 0 Å². The van der Waals surface area contributed by atoms with Crippen molar-refractivity contribution in [2.45, 2.75) is 19.9 Å². The van der Waals surface area contributed by atoms with E-state index in [1.54, 1.807) is 12.1 Å². The maximum absolute atomic E-state index is 12.7. The minimum atomic E-state index is -0.210. The largest absolute Gasteiger partial charge is 0.383 e. The summed E-state index contributed by atoms with van der Waals surface area (Å²) in [4.78, 5) is 4.26. The van der Waals surface area contributed by atoms with Crippen molar-refractivity contribution in [3.05, 3.63) is 48.3 Å². The van der Waals surface area contributed by atoms with Gasteiger partial charge in [-0.3, -0.25) is 0 Å². The molecule has 1 N–H and O–H groups in total. The van der Waals surface area contributed by atoms with Crippen LogP contribution in [0.1, 0.15) is 12.7 Å². The van der Waals surface area contributed by atoms with Crippen molar-refractivity contribution < 1.29 is 4.39 Å². The smallest absolute Gasteiger partial charge is 0.123 e. The molecule has 1 aromatic carbocycles. The zero-order valence-electron chi connectivity index (χ0n) is 9.86. The van der Waals surface area contributed by atoms with Crippen LogP contribution in [-0.4, -0.2) is 16.1 Å². The third kappa shape index (κ3) is 3.06. The van der Waals surface area contributed by atoms with Crippen LogP contribution in [0.25, 0.3) is 0 Å². The molecule has 0 aliphatic carbocycles. The number of hydrogen-bond acceptors (Lipinski definition) is 2. The van der Waals surface area contributed by atoms with E-state index in [0.717, 1.165) is 31.0 Å². The summed E-state index contributed by atoms with van der Waals surface area (Å²) in [5.74, 6) is 0.879. The Bertz CT molecular complexity index is 462. The van der Waals surface area contributed by atoms with Gasteiger partial charge in [0, 0.05) is 37.6 Å². The van der Waals surface area contributed by atoms with E-state index in [9.17, 15) is 4.39 Å². The van der Waals surface area contributed by atoms with Gasteiger partial charge in [-0.05, 0) is 24.3 Å². The van der Waals surface area contributed by atoms with Gasteiger partial charge in [-0.2, -0.15) is 0 Å². The fourth-order valence-corrected chi connectivity index (χ4v) is 1.75. The number of anilines is 1. The molecule has 0 spiro atoms. The predicted molar refractivity (Wildman–Crippen MR) is 66.5 cm³/mol. The molecule has 2 aromatic rings. The molecule has 17 heavy (non-hydrogen) atoms. The summed E-state index contributed by atoms with van der Waals surface area (Å²) in [5.41, 5.74) is 0.935. The van der Waals surface area contributed by atoms with Crippen molar-refractivity contribution >= 4 is 5.69 Å². The number of rotatable bonds is 5. The second-order valence-corrected chi connectivity index (χ2v) is 3.82. The molecule has 1 aromatic heterocycles. The Morgan fingerprint density at radius 2 is 2.06 bits per heavy atom. The first kappa shape index (κ1) is 11.6. The molecule has 3 nitrogen and oxygen atoms in total. The number of aromatic nitrogens is 2. The minimum Gasteiger partial charge on any atom is -0.383 e. The van der Waals surface area contributed by atoms with Crippen molar-refractivity contribution in [3.63, 3.8) is 0 Å². The number of benzene rings is 1. The van der Waals surface area contributed by atoms with Gasteiger partial charge in [0.2, 0.25) is 0 Å². The normalized spacial score (nSPS) is 10.5. The van der Waals surface area contributed by atoms with Crippen molar-refractivity contribution in [2.24, 2.45) is 0 Å². The first-order valence-corrected chi connectivity index (χ1v) is 5.79. The number of hydrogen-bond donors (Lipinski definition) is 1. The van der Waals surface area contributed by atoms with Crippen LogP contribution in [-0.2, 0) is 13.0 Å². The first-order valence-electron chi connectivity index (χ1n) is 5.79. The van der Waals surface area contributed by atoms with Gasteiger partial charge in [-0.1, -0.05) is 6.92 Å². The van der Waals surface area contributed by atoms with Crippen LogP contribution in [0.4, 0.5) is 10.1 Å². The maximum atomic E-state index is 12.7. The molecule has 0 radical (unpaired) electrons. The molecule has 4 heteroatoms. The fraction of sp³-hybridized carbons (Fsp3) is 0.308. The molecule has 0 saturated heterocycles. The molecular weight excluding hydrogens is 217 g/mol. The van der Waals surface area contributed by atoms with E-state index in [4.69, 9.17) is 0 Å². The molecule has 0 aliphatic rings. The molecule has 0 atom stereocenters. The van der Waals surface area contributed by atoms with Gasteiger partial charge in [0.25, 0.3) is 0 Å². The summed E-state index contributed by atoms with van der Waals surface area (Å²) in [6.45, 7) is 3.75. The average molecular weight is 233 g/mol. The molecule has 0 bridgehead atoms. The number of imidazole rings is 1. The minimum absolute atomic E-state index is 0.210. The lowest BCUT2D eigenvalue weighted by Crippen LogP contribution is -2.12. The molecule has 0 fully saturated rings. The molecule has 0 saturated carbocycles. The Morgan fingerprint density at radius 3 is 2.76 bits per heavy atom. The molecule has 0 aliphatic heterocycles. The van der Waals surface area contributed by atoms with Crippen LogP contribution in [0.5, 0.6) is 0 Å². The Balaban J connectivity index is 1.85. The lowest BCUT2D eigenvalue weighted by atomic mass is 10.3. The van der Waals surface area contributed by atoms with Crippen molar-refractivity contribution in [1.82, 2.24) is 9.55 Å². The number of nitrogens with one attached hydrogen (secondary N) is 1. The van der Waals surface area contributed by atoms with E-state index >= 15 is 0 Å². The van der Waals surface area contributed by atoms with Gasteiger partial charge in [0.05, 0.1) is 0 Å². The van der Waals surface area contributed by atoms with Crippen molar-refractivity contribution in [3.8, 4) is 0 Å². The molecule has 0 amide bonds. The highest BCUT2D eigenvalue weighted by molar-refractivity contribution is 5.42. The first-order chi connectivity index (χ1) is 8.29. The molecule has 0 unspecified atom stereocenters. The standard InChI is InChI=1S/C13H16FN3/c1-2-13-16-8-10-17(13)9-7-15-12-5-3-11(14)4-6-12/h3-6,8,10,15H,2,7,9H2,1H3. The van der Waals surface area contributed by atoms with Crippen molar-refractivity contribution in [2.75, 3.05) is 11.9 Å². The highest BCUT2D eigenvalue weighted by Gasteiger charge is 1.99. The van der Waals surface area contributed by atoms with E-state index in [1.807, 2.05) is 12.4 Å². The summed E-state index contributed by atoms with van der Waals surface area (Å²) < 4.78 is 14.8. The zero-order chi connectivity index (χ0) is 12.1. The van der Waals surface area contributed by atoms with E-state index in [1.165, 1.54) is 12.1 Å². The van der Waals surface area contributed by atoms with Gasteiger partial charge in [-0.15, -0.1) is 0 Å². The third-order valence-electron chi connectivity index (χ3n) is 2.64. The van der Waals surface area contributed by atoms with Crippen LogP contribution >= 0.6 is 0 Å². The second kappa shape index (κ2) is 5.48. The summed E-state index contributed by atoms with van der Waals surface area (Å²) in [6.07, 6.45) is 4.73. The van der Waals surface area contributed by atoms with Gasteiger partial charge >= 0.3 is 0 Å². The number of aryl methyl sites for hydroxylation is 1. The third-order valence-corrected chi connectivity index (χ3v) is 2.64. The van der Waals surface area contributed by atoms with E-state index < -0.39 is 0 Å². The monoisotopic (exact) mass is 233 g/mol. The van der Waals surface area contributed by atoms with Crippen LogP contribution in [0.3, 0.4) is 0 Å². The van der Waals surface area contributed by atoms with Crippen molar-refractivity contribution in [1.29, 1.82) is 0 Å². The van der Waals surface area contributed by atoms with E-state index in [2.05, 4.69) is 21.8 Å². The van der Waals surface area contributed by atoms with Gasteiger partial charge in [-0.25, -0.2) is 9.37 Å². The topological polar surface area (TPSA) is 29.9 Å². The quantitative estimate of drug-likeness (QED) is 0.860. The van der Waals surface area contributed by atoms with Crippen LogP contribution in [0, 0.1) is 5.82 Å². The average Bonchev–Trinajstić information content (AvgIpc) is 2.79. The highest BCUT2D eigenvalue weighted by atomic mass is 19.1. The van der Waals surface area contributed by atoms with Gasteiger partial charge in [0.1, 0.15) is 11.6 Å². The Kier molecular flexibility index (Phi) is 3.75. The summed E-state index contributed by atoms with van der Waals surface area (Å²) in [6, 6.07) is 6.39. The maximum Gasteiger partial charge on any atom is 0.123 e. The number of halogens is 1. The van der Waals surface area contributed by atoms with Gasteiger partial charge < -0.3 is 9.88 Å². The summed E-state index contributed by atoms with van der Waals surface area (Å²) in [5, 5.41) is 3.25. The SMILES string of the molecule is CCc1nccn1CCNc1ccc(F)cc1. The Hall–Kier alpha value is -1.84. The lowest BCUT2D eigenvalue weighted by molar-refractivity contribution is 0.628. The molecular formula is C13H16FN3. The predicted octanol–water partition coefficient (Wildman–Crippen LogP) is 2.70. The second-order valence-electron chi connectivity index (χ2n) is 3.82. The number of nitrogens with zero attached hydrogens (tertiary/aromatic N) is 2. The Labute approximate surface area is 100 Å². The zero-order valence-corrected chi connectivity index (χ0v) is 9.86. The summed E-state index contributed by atoms with van der Waals surface area (Å²) >= 11 is 0. The van der Waals surface area contributed by atoms with Gasteiger partial charge in [0.15, 0.2) is 0 Å². The van der Waals surface area contributed by atoms with E-state index in [-0.39, 0.29) is 5.82 Å². The molecule has 90 valence electrons. The van der Waals surface area contributed by atoms with Crippen LogP contribution in [0.2, 0.25) is 0 Å². The summed E-state index contributed by atoms with van der Waals surface area (Å²) in [7, 11) is 0. The molecule has 1 heterocycles.